The van der Waals surface area contributed by atoms with Crippen LogP contribution in [0.25, 0.3) is 0 Å². The molecule has 0 spiro atoms. The van der Waals surface area contributed by atoms with Gasteiger partial charge in [-0.3, -0.25) is 0 Å². The van der Waals surface area contributed by atoms with E-state index in [4.69, 9.17) is 0 Å². The Morgan fingerprint density at radius 3 is 2.71 bits per heavy atom. The highest BCUT2D eigenvalue weighted by atomic mass is 32.1. The molecule has 1 aliphatic heterocycles. The molecule has 0 radical (unpaired) electrons. The zero-order valence-corrected chi connectivity index (χ0v) is 16.2. The zero-order chi connectivity index (χ0) is 19.3. The number of carbonyl (C=O) groups excluding carboxylic acids is 1. The molecule has 2 heterocycles. The standard InChI is InChI=1S/C21H21FN4OS/c22-17-8-10-18(11-9-17)23-21(27)26-12-4-7-16(14-26)20-25-24-19(28-20)13-15-5-2-1-3-6-15/h1-3,5-6,8-11,16H,4,7,12-14H2,(H,23,27). The molecule has 1 unspecified atom stereocenters. The lowest BCUT2D eigenvalue weighted by molar-refractivity contribution is 0.192. The van der Waals surface area contributed by atoms with Gasteiger partial charge in [0.15, 0.2) is 0 Å². The van der Waals surface area contributed by atoms with Crippen LogP contribution in [0, 0.1) is 5.82 Å². The molecule has 1 aromatic heterocycles. The van der Waals surface area contributed by atoms with Crippen LogP contribution in [0.2, 0.25) is 0 Å². The van der Waals surface area contributed by atoms with Crippen molar-refractivity contribution in [2.24, 2.45) is 0 Å². The van der Waals surface area contributed by atoms with Crippen molar-refractivity contribution >= 4 is 23.1 Å². The number of carbonyl (C=O) groups is 1. The van der Waals surface area contributed by atoms with Gasteiger partial charge in [-0.1, -0.05) is 30.3 Å². The molecule has 1 atom stereocenters. The van der Waals surface area contributed by atoms with Gasteiger partial charge in [-0.2, -0.15) is 0 Å². The Balaban J connectivity index is 1.38. The van der Waals surface area contributed by atoms with Crippen LogP contribution in [-0.2, 0) is 6.42 Å². The molecule has 7 heteroatoms. The third-order valence-electron chi connectivity index (χ3n) is 4.83. The minimum atomic E-state index is -0.321. The Kier molecular flexibility index (Phi) is 5.62. The topological polar surface area (TPSA) is 58.1 Å². The number of piperidine rings is 1. The van der Waals surface area contributed by atoms with Crippen LogP contribution < -0.4 is 5.32 Å². The summed E-state index contributed by atoms with van der Waals surface area (Å²) in [6.07, 6.45) is 2.70. The summed E-state index contributed by atoms with van der Waals surface area (Å²) in [6, 6.07) is 15.9. The third kappa shape index (κ3) is 4.54. The van der Waals surface area contributed by atoms with Crippen molar-refractivity contribution in [2.45, 2.75) is 25.2 Å². The SMILES string of the molecule is O=C(Nc1ccc(F)cc1)N1CCCC(c2nnc(Cc3ccccc3)s2)C1. The molecule has 1 saturated heterocycles. The Labute approximate surface area is 167 Å². The summed E-state index contributed by atoms with van der Waals surface area (Å²) >= 11 is 1.63. The summed E-state index contributed by atoms with van der Waals surface area (Å²) in [7, 11) is 0. The minimum absolute atomic E-state index is 0.162. The van der Waals surface area contributed by atoms with Crippen molar-refractivity contribution in [1.82, 2.24) is 15.1 Å². The van der Waals surface area contributed by atoms with Gasteiger partial charge in [0.25, 0.3) is 0 Å². The molecule has 28 heavy (non-hydrogen) atoms. The largest absolute Gasteiger partial charge is 0.324 e. The molecule has 3 aromatic rings. The first-order valence-corrected chi connectivity index (χ1v) is 10.2. The summed E-state index contributed by atoms with van der Waals surface area (Å²) in [6.45, 7) is 1.33. The number of hydrogen-bond donors (Lipinski definition) is 1. The highest BCUT2D eigenvalue weighted by Crippen LogP contribution is 2.30. The number of hydrogen-bond acceptors (Lipinski definition) is 4. The van der Waals surface area contributed by atoms with Crippen molar-refractivity contribution < 1.29 is 9.18 Å². The number of nitrogens with one attached hydrogen (secondary N) is 1. The van der Waals surface area contributed by atoms with Crippen LogP contribution in [0.4, 0.5) is 14.9 Å². The Morgan fingerprint density at radius 2 is 1.93 bits per heavy atom. The highest BCUT2D eigenvalue weighted by molar-refractivity contribution is 7.11. The normalized spacial score (nSPS) is 16.8. The number of amides is 2. The second-order valence-corrected chi connectivity index (χ2v) is 8.01. The van der Waals surface area contributed by atoms with Gasteiger partial charge in [0.2, 0.25) is 0 Å². The van der Waals surface area contributed by atoms with Gasteiger partial charge in [-0.15, -0.1) is 21.5 Å². The molecule has 0 bridgehead atoms. The Morgan fingerprint density at radius 1 is 1.14 bits per heavy atom. The van der Waals surface area contributed by atoms with E-state index < -0.39 is 0 Å². The van der Waals surface area contributed by atoms with E-state index >= 15 is 0 Å². The first-order chi connectivity index (χ1) is 13.7. The summed E-state index contributed by atoms with van der Waals surface area (Å²) in [5.41, 5.74) is 1.81. The lowest BCUT2D eigenvalue weighted by atomic mass is 9.99. The van der Waals surface area contributed by atoms with Crippen LogP contribution in [0.15, 0.2) is 54.6 Å². The Bertz CT molecular complexity index is 929. The van der Waals surface area contributed by atoms with Gasteiger partial charge in [0.05, 0.1) is 0 Å². The molecule has 2 amide bonds. The fraction of sp³-hybridized carbons (Fsp3) is 0.286. The van der Waals surface area contributed by atoms with E-state index in [1.54, 1.807) is 28.4 Å². The van der Waals surface area contributed by atoms with Gasteiger partial charge in [0, 0.05) is 31.1 Å². The number of nitrogens with zero attached hydrogens (tertiary/aromatic N) is 3. The number of rotatable bonds is 4. The van der Waals surface area contributed by atoms with Crippen molar-refractivity contribution in [2.75, 3.05) is 18.4 Å². The van der Waals surface area contributed by atoms with Crippen LogP contribution >= 0.6 is 11.3 Å². The maximum absolute atomic E-state index is 13.0. The quantitative estimate of drug-likeness (QED) is 0.697. The molecule has 1 N–H and O–H groups in total. The minimum Gasteiger partial charge on any atom is -0.324 e. The van der Waals surface area contributed by atoms with E-state index in [0.29, 0.717) is 18.8 Å². The van der Waals surface area contributed by atoms with Crippen LogP contribution in [0.3, 0.4) is 0 Å². The van der Waals surface area contributed by atoms with Gasteiger partial charge < -0.3 is 10.2 Å². The second kappa shape index (κ2) is 8.48. The predicted molar refractivity (Wildman–Crippen MR) is 108 cm³/mol. The number of likely N-dealkylation sites (tertiary alicyclic amines) is 1. The summed E-state index contributed by atoms with van der Waals surface area (Å²) in [5, 5.41) is 13.6. The van der Waals surface area contributed by atoms with Crippen LogP contribution in [0.1, 0.15) is 34.3 Å². The maximum Gasteiger partial charge on any atom is 0.321 e. The van der Waals surface area contributed by atoms with E-state index in [1.165, 1.54) is 17.7 Å². The Hall–Kier alpha value is -2.80. The maximum atomic E-state index is 13.0. The number of aromatic nitrogens is 2. The second-order valence-electron chi connectivity index (χ2n) is 6.92. The third-order valence-corrected chi connectivity index (χ3v) is 5.92. The summed E-state index contributed by atoms with van der Waals surface area (Å²) in [4.78, 5) is 14.4. The monoisotopic (exact) mass is 396 g/mol. The fourth-order valence-corrected chi connectivity index (χ4v) is 4.38. The van der Waals surface area contributed by atoms with Gasteiger partial charge >= 0.3 is 6.03 Å². The smallest absolute Gasteiger partial charge is 0.321 e. The molecule has 0 saturated carbocycles. The zero-order valence-electron chi connectivity index (χ0n) is 15.3. The lowest BCUT2D eigenvalue weighted by Gasteiger charge is -2.31. The fourth-order valence-electron chi connectivity index (χ4n) is 3.37. The van der Waals surface area contributed by atoms with Crippen molar-refractivity contribution in [3.05, 3.63) is 76.0 Å². The highest BCUT2D eigenvalue weighted by Gasteiger charge is 2.27. The number of urea groups is 1. The molecular weight excluding hydrogens is 375 g/mol. The predicted octanol–water partition coefficient (Wildman–Crippen LogP) is 4.68. The van der Waals surface area contributed by atoms with Gasteiger partial charge in [0.1, 0.15) is 15.8 Å². The van der Waals surface area contributed by atoms with E-state index in [1.807, 2.05) is 18.2 Å². The van der Waals surface area contributed by atoms with Crippen molar-refractivity contribution in [1.29, 1.82) is 0 Å². The van der Waals surface area contributed by atoms with Gasteiger partial charge in [-0.05, 0) is 42.7 Å². The lowest BCUT2D eigenvalue weighted by Crippen LogP contribution is -2.41. The van der Waals surface area contributed by atoms with E-state index in [0.717, 1.165) is 29.3 Å². The number of benzene rings is 2. The molecule has 1 fully saturated rings. The molecular formula is C21H21FN4OS. The van der Waals surface area contributed by atoms with Gasteiger partial charge in [-0.25, -0.2) is 9.18 Å². The molecule has 1 aliphatic rings. The van der Waals surface area contributed by atoms with E-state index in [-0.39, 0.29) is 17.8 Å². The average Bonchev–Trinajstić information content (AvgIpc) is 3.19. The van der Waals surface area contributed by atoms with E-state index in [2.05, 4.69) is 27.6 Å². The van der Waals surface area contributed by atoms with Crippen LogP contribution in [-0.4, -0.2) is 34.2 Å². The van der Waals surface area contributed by atoms with Crippen molar-refractivity contribution in [3.63, 3.8) is 0 Å². The summed E-state index contributed by atoms with van der Waals surface area (Å²) in [5.74, 6) is -0.117. The molecule has 2 aromatic carbocycles. The summed E-state index contributed by atoms with van der Waals surface area (Å²) < 4.78 is 13.0. The first-order valence-electron chi connectivity index (χ1n) is 9.35. The molecule has 144 valence electrons. The van der Waals surface area contributed by atoms with Crippen molar-refractivity contribution in [3.8, 4) is 0 Å². The number of halogens is 1. The number of anilines is 1. The molecule has 0 aliphatic carbocycles. The molecule has 5 nitrogen and oxygen atoms in total. The average molecular weight is 396 g/mol. The van der Waals surface area contributed by atoms with Crippen LogP contribution in [0.5, 0.6) is 0 Å². The van der Waals surface area contributed by atoms with E-state index in [9.17, 15) is 9.18 Å². The first kappa shape index (κ1) is 18.6. The molecule has 4 rings (SSSR count).